The Morgan fingerprint density at radius 3 is 2.30 bits per heavy atom. The van der Waals surface area contributed by atoms with E-state index in [-0.39, 0.29) is 4.21 Å². The number of nitrogens with zero attached hydrogens (tertiary/aromatic N) is 1. The topological polar surface area (TPSA) is 70.0 Å². The minimum Gasteiger partial charge on any atom is -0.206 e. The van der Waals surface area contributed by atoms with E-state index in [1.54, 1.807) is 12.1 Å². The summed E-state index contributed by atoms with van der Waals surface area (Å²) < 4.78 is 28.5. The summed E-state index contributed by atoms with van der Waals surface area (Å²) in [4.78, 5) is 0. The predicted octanol–water partition coefficient (Wildman–Crippen LogP) is 3.80. The Kier molecular flexibility index (Phi) is 5.24. The Labute approximate surface area is 132 Å². The number of sulfonamides is 1. The van der Waals surface area contributed by atoms with Gasteiger partial charge >= 0.3 is 0 Å². The van der Waals surface area contributed by atoms with Crippen LogP contribution in [-0.4, -0.2) is 14.0 Å². The molecule has 0 spiro atoms. The van der Waals surface area contributed by atoms with Crippen molar-refractivity contribution in [3.63, 3.8) is 0 Å². The van der Waals surface area contributed by atoms with Crippen molar-refractivity contribution in [2.45, 2.75) is 54.7 Å². The third-order valence-electron chi connectivity index (χ3n) is 3.56. The molecule has 0 saturated heterocycles. The zero-order chi connectivity index (χ0) is 14.6. The first kappa shape index (κ1) is 16.0. The molecule has 1 aromatic rings. The van der Waals surface area contributed by atoms with E-state index in [9.17, 15) is 13.7 Å². The molecule has 0 bridgehead atoms. The van der Waals surface area contributed by atoms with Crippen LogP contribution in [0.1, 0.15) is 44.9 Å². The molecule has 2 rings (SSSR count). The van der Waals surface area contributed by atoms with Crippen LogP contribution in [0.2, 0.25) is 0 Å². The first-order valence-corrected chi connectivity index (χ1v) is 9.77. The van der Waals surface area contributed by atoms with Crippen molar-refractivity contribution >= 4 is 37.3 Å². The molecule has 1 N–H and O–H groups in total. The number of hydrogen-bond donors (Lipinski definition) is 1. The molecule has 1 fully saturated rings. The molecule has 110 valence electrons. The molecule has 1 aliphatic rings. The SMILES string of the molecule is N#CC1(NS(=O)(=O)c2ccc(Br)s2)CCCCCCC1. The molecule has 1 aromatic heterocycles. The van der Waals surface area contributed by atoms with E-state index < -0.39 is 15.6 Å². The van der Waals surface area contributed by atoms with Gasteiger partial charge in [0.15, 0.2) is 0 Å². The van der Waals surface area contributed by atoms with E-state index in [0.29, 0.717) is 12.8 Å². The Hall–Kier alpha value is -0.420. The quantitative estimate of drug-likeness (QED) is 0.871. The maximum absolute atomic E-state index is 12.4. The molecule has 7 heteroatoms. The smallest absolute Gasteiger partial charge is 0.206 e. The lowest BCUT2D eigenvalue weighted by Gasteiger charge is -2.29. The van der Waals surface area contributed by atoms with Crippen LogP contribution in [0.4, 0.5) is 0 Å². The Morgan fingerprint density at radius 1 is 1.20 bits per heavy atom. The van der Waals surface area contributed by atoms with Crippen molar-refractivity contribution in [3.8, 4) is 6.07 Å². The van der Waals surface area contributed by atoms with E-state index in [4.69, 9.17) is 0 Å². The zero-order valence-electron chi connectivity index (χ0n) is 11.1. The van der Waals surface area contributed by atoms with Crippen LogP contribution in [0.3, 0.4) is 0 Å². The normalized spacial score (nSPS) is 19.8. The second kappa shape index (κ2) is 6.56. The summed E-state index contributed by atoms with van der Waals surface area (Å²) in [5.41, 5.74) is -0.949. The second-order valence-corrected chi connectivity index (χ2v) is 9.50. The molecule has 1 heterocycles. The Balaban J connectivity index is 2.22. The van der Waals surface area contributed by atoms with Gasteiger partial charge in [-0.15, -0.1) is 11.3 Å². The first-order chi connectivity index (χ1) is 9.47. The number of nitrogens with one attached hydrogen (secondary N) is 1. The molecule has 0 aromatic carbocycles. The second-order valence-electron chi connectivity index (χ2n) is 5.13. The fraction of sp³-hybridized carbons (Fsp3) is 0.615. The number of thiophene rings is 1. The molecule has 1 saturated carbocycles. The highest BCUT2D eigenvalue weighted by molar-refractivity contribution is 9.11. The van der Waals surface area contributed by atoms with Gasteiger partial charge in [0.05, 0.1) is 9.86 Å². The molecule has 0 aliphatic heterocycles. The average Bonchev–Trinajstić information content (AvgIpc) is 2.80. The monoisotopic (exact) mass is 376 g/mol. The molecule has 0 amide bonds. The van der Waals surface area contributed by atoms with Gasteiger partial charge in [-0.3, -0.25) is 0 Å². The summed E-state index contributed by atoms with van der Waals surface area (Å²) >= 11 is 4.42. The highest BCUT2D eigenvalue weighted by atomic mass is 79.9. The maximum atomic E-state index is 12.4. The third kappa shape index (κ3) is 3.82. The highest BCUT2D eigenvalue weighted by Crippen LogP contribution is 2.30. The standard InChI is InChI=1S/C13H17BrN2O2S2/c14-11-6-7-12(19-11)20(17,18)16-13(10-15)8-4-2-1-3-5-9-13/h6-7,16H,1-5,8-9H2. The number of nitriles is 1. The summed E-state index contributed by atoms with van der Waals surface area (Å²) in [5.74, 6) is 0. The molecule has 4 nitrogen and oxygen atoms in total. The number of hydrogen-bond acceptors (Lipinski definition) is 4. The minimum absolute atomic E-state index is 0.251. The molecule has 20 heavy (non-hydrogen) atoms. The van der Waals surface area contributed by atoms with Gasteiger partial charge in [-0.05, 0) is 40.9 Å². The lowest BCUT2D eigenvalue weighted by atomic mass is 9.86. The Bertz CT molecular complexity index is 596. The van der Waals surface area contributed by atoms with Crippen LogP contribution < -0.4 is 4.72 Å². The Morgan fingerprint density at radius 2 is 1.80 bits per heavy atom. The van der Waals surface area contributed by atoms with Gasteiger partial charge in [-0.25, -0.2) is 8.42 Å². The highest BCUT2D eigenvalue weighted by Gasteiger charge is 2.35. The van der Waals surface area contributed by atoms with Crippen molar-refractivity contribution in [1.82, 2.24) is 4.72 Å². The maximum Gasteiger partial charge on any atom is 0.251 e. The third-order valence-corrected chi connectivity index (χ3v) is 7.22. The minimum atomic E-state index is -3.62. The van der Waals surface area contributed by atoms with E-state index in [1.165, 1.54) is 6.42 Å². The summed E-state index contributed by atoms with van der Waals surface area (Å²) in [5, 5.41) is 9.49. The van der Waals surface area contributed by atoms with E-state index in [2.05, 4.69) is 26.7 Å². The summed E-state index contributed by atoms with van der Waals surface area (Å²) in [6.07, 6.45) is 6.27. The lowest BCUT2D eigenvalue weighted by molar-refractivity contribution is 0.357. The molecule has 0 atom stereocenters. The van der Waals surface area contributed by atoms with Crippen LogP contribution in [0, 0.1) is 11.3 Å². The van der Waals surface area contributed by atoms with E-state index in [0.717, 1.165) is 40.8 Å². The van der Waals surface area contributed by atoms with Crippen LogP contribution in [0.15, 0.2) is 20.1 Å². The fourth-order valence-corrected chi connectivity index (χ4v) is 5.88. The van der Waals surface area contributed by atoms with Gasteiger partial charge in [0, 0.05) is 0 Å². The van der Waals surface area contributed by atoms with E-state index >= 15 is 0 Å². The molecule has 1 aliphatic carbocycles. The van der Waals surface area contributed by atoms with Gasteiger partial charge in [0.1, 0.15) is 9.75 Å². The average molecular weight is 377 g/mol. The van der Waals surface area contributed by atoms with Crippen molar-refractivity contribution < 1.29 is 8.42 Å². The fourth-order valence-electron chi connectivity index (χ4n) is 2.50. The molecular weight excluding hydrogens is 360 g/mol. The zero-order valence-corrected chi connectivity index (χ0v) is 14.3. The van der Waals surface area contributed by atoms with Gasteiger partial charge < -0.3 is 0 Å². The van der Waals surface area contributed by atoms with Crippen LogP contribution >= 0.6 is 27.3 Å². The number of halogens is 1. The van der Waals surface area contributed by atoms with Crippen molar-refractivity contribution in [3.05, 3.63) is 15.9 Å². The van der Waals surface area contributed by atoms with Crippen molar-refractivity contribution in [2.24, 2.45) is 0 Å². The van der Waals surface area contributed by atoms with Crippen LogP contribution in [0.25, 0.3) is 0 Å². The predicted molar refractivity (Wildman–Crippen MR) is 83.0 cm³/mol. The molecule has 0 radical (unpaired) electrons. The van der Waals surface area contributed by atoms with Gasteiger partial charge in [-0.1, -0.05) is 32.1 Å². The first-order valence-electron chi connectivity index (χ1n) is 6.68. The van der Waals surface area contributed by atoms with Crippen molar-refractivity contribution in [1.29, 1.82) is 5.26 Å². The largest absolute Gasteiger partial charge is 0.251 e. The lowest BCUT2D eigenvalue weighted by Crippen LogP contribution is -2.47. The molecular formula is C13H17BrN2O2S2. The number of rotatable bonds is 3. The van der Waals surface area contributed by atoms with E-state index in [1.807, 2.05) is 0 Å². The summed E-state index contributed by atoms with van der Waals surface area (Å²) in [6, 6.07) is 5.49. The van der Waals surface area contributed by atoms with Crippen LogP contribution in [0.5, 0.6) is 0 Å². The summed E-state index contributed by atoms with van der Waals surface area (Å²) in [6.45, 7) is 0. The summed E-state index contributed by atoms with van der Waals surface area (Å²) in [7, 11) is -3.62. The van der Waals surface area contributed by atoms with Gasteiger partial charge in [0.25, 0.3) is 10.0 Å². The molecule has 0 unspecified atom stereocenters. The van der Waals surface area contributed by atoms with Crippen molar-refractivity contribution in [2.75, 3.05) is 0 Å². The van der Waals surface area contributed by atoms with Gasteiger partial charge in [0.2, 0.25) is 0 Å². The van der Waals surface area contributed by atoms with Gasteiger partial charge in [-0.2, -0.15) is 9.98 Å². The van der Waals surface area contributed by atoms with Crippen LogP contribution in [-0.2, 0) is 10.0 Å².